The van der Waals surface area contributed by atoms with E-state index in [0.29, 0.717) is 24.8 Å². The molecule has 4 nitrogen and oxygen atoms in total. The summed E-state index contributed by atoms with van der Waals surface area (Å²) in [6.07, 6.45) is 17.5. The summed E-state index contributed by atoms with van der Waals surface area (Å²) >= 11 is 0. The summed E-state index contributed by atoms with van der Waals surface area (Å²) in [7, 11) is 0. The average molecular weight is 568 g/mol. The first-order chi connectivity index (χ1) is 19.4. The topological polar surface area (TPSA) is 57.6 Å². The van der Waals surface area contributed by atoms with E-state index in [1.165, 1.54) is 16.7 Å². The third-order valence-corrected chi connectivity index (χ3v) is 8.56. The molecule has 1 aromatic carbocycles. The minimum Gasteiger partial charge on any atom is -0.390 e. The van der Waals surface area contributed by atoms with Crippen LogP contribution in [0.4, 0.5) is 0 Å². The molecule has 0 saturated heterocycles. The van der Waals surface area contributed by atoms with Gasteiger partial charge in [0.05, 0.1) is 5.60 Å². The predicted octanol–water partition coefficient (Wildman–Crippen LogP) is 9.48. The van der Waals surface area contributed by atoms with Gasteiger partial charge >= 0.3 is 0 Å². The molecule has 0 aromatic heterocycles. The minimum absolute atomic E-state index is 0. The molecule has 1 fully saturated rings. The summed E-state index contributed by atoms with van der Waals surface area (Å²) < 4.78 is 0. The number of allylic oxidation sites excluding steroid dienone is 4. The van der Waals surface area contributed by atoms with Gasteiger partial charge < -0.3 is 10.0 Å². The second-order valence-electron chi connectivity index (χ2n) is 12.6. The van der Waals surface area contributed by atoms with E-state index in [1.807, 2.05) is 39.8 Å². The number of amides is 1. The van der Waals surface area contributed by atoms with Gasteiger partial charge in [-0.3, -0.25) is 9.59 Å². The van der Waals surface area contributed by atoms with E-state index < -0.39 is 11.1 Å². The van der Waals surface area contributed by atoms with Crippen LogP contribution in [-0.2, 0) is 16.0 Å². The maximum atomic E-state index is 12.6. The smallest absolute Gasteiger partial charge is 0.210 e. The third-order valence-electron chi connectivity index (χ3n) is 8.56. The van der Waals surface area contributed by atoms with Crippen LogP contribution in [0.5, 0.6) is 0 Å². The van der Waals surface area contributed by atoms with Gasteiger partial charge in [-0.1, -0.05) is 122 Å². The molecule has 1 aromatic rings. The molecule has 1 N–H and O–H groups in total. The van der Waals surface area contributed by atoms with E-state index in [9.17, 15) is 14.7 Å². The lowest BCUT2D eigenvalue weighted by Crippen LogP contribution is -2.54. The van der Waals surface area contributed by atoms with Gasteiger partial charge in [-0.25, -0.2) is 0 Å². The first-order valence-corrected chi connectivity index (χ1v) is 15.9. The Hall–Kier alpha value is -2.46. The molecular weight excluding hydrogens is 506 g/mol. The van der Waals surface area contributed by atoms with Crippen molar-refractivity contribution >= 4 is 12.2 Å². The highest BCUT2D eigenvalue weighted by Gasteiger charge is 2.41. The van der Waals surface area contributed by atoms with Gasteiger partial charge in [-0.15, -0.1) is 0 Å². The fourth-order valence-corrected chi connectivity index (χ4v) is 5.88. The molecule has 1 aliphatic rings. The highest BCUT2D eigenvalue weighted by atomic mass is 16.3. The summed E-state index contributed by atoms with van der Waals surface area (Å²) in [5.41, 5.74) is 4.09. The van der Waals surface area contributed by atoms with Gasteiger partial charge in [0.15, 0.2) is 5.78 Å². The van der Waals surface area contributed by atoms with E-state index in [1.54, 1.807) is 11.0 Å². The number of nitrogens with zero attached hydrogens (tertiary/aromatic N) is 1. The fraction of sp³-hybridized carbons (Fsp3) is 0.622. The van der Waals surface area contributed by atoms with E-state index in [2.05, 4.69) is 58.5 Å². The molecular formula is C37H61NO3. The maximum absolute atomic E-state index is 12.6. The predicted molar refractivity (Wildman–Crippen MR) is 178 cm³/mol. The Balaban J connectivity index is 0.000000804. The van der Waals surface area contributed by atoms with Crippen LogP contribution in [0.1, 0.15) is 143 Å². The van der Waals surface area contributed by atoms with Crippen molar-refractivity contribution in [1.82, 2.24) is 4.90 Å². The zero-order chi connectivity index (χ0) is 31.1. The van der Waals surface area contributed by atoms with E-state index in [0.717, 1.165) is 69.8 Å². The quantitative estimate of drug-likeness (QED) is 0.138. The molecule has 41 heavy (non-hydrogen) atoms. The molecule has 0 aliphatic heterocycles. The van der Waals surface area contributed by atoms with Crippen molar-refractivity contribution in [3.63, 3.8) is 0 Å². The summed E-state index contributed by atoms with van der Waals surface area (Å²) in [6, 6.07) is 6.56. The van der Waals surface area contributed by atoms with Crippen LogP contribution in [0.15, 0.2) is 54.7 Å². The number of hydrogen-bond donors (Lipinski definition) is 1. The van der Waals surface area contributed by atoms with Gasteiger partial charge in [0, 0.05) is 20.8 Å². The molecule has 1 amide bonds. The van der Waals surface area contributed by atoms with Crippen molar-refractivity contribution in [2.75, 3.05) is 6.54 Å². The number of ketones is 1. The second-order valence-corrected chi connectivity index (χ2v) is 12.6. The fourth-order valence-electron chi connectivity index (χ4n) is 5.88. The standard InChI is InChI=1S/C20H31NO2.C17H28O.H2/c1-4-12-18(3)13-8-11-16-21(17-22)20(19(23)5-2)14-9-6-7-10-15-20;1-7-17(6,18)11-16-14(12(2)3)9-8-10-15(16)13(4)5;/h4,8,12-13,17H,1,5-7,9-11,14-16H2,2-3H3;8-10,12-13,18H,7,11H2,1-6H3;1H/b13-8?,18-12-;;. The molecule has 1 atom stereocenters. The van der Waals surface area contributed by atoms with E-state index in [-0.39, 0.29) is 7.21 Å². The van der Waals surface area contributed by atoms with Crippen LogP contribution in [0.25, 0.3) is 0 Å². The highest BCUT2D eigenvalue weighted by Crippen LogP contribution is 2.34. The van der Waals surface area contributed by atoms with Crippen LogP contribution >= 0.6 is 0 Å². The molecule has 0 radical (unpaired) electrons. The lowest BCUT2D eigenvalue weighted by molar-refractivity contribution is -0.140. The summed E-state index contributed by atoms with van der Waals surface area (Å²) in [6.45, 7) is 21.1. The normalized spacial score (nSPS) is 17.0. The number of hydrogen-bond acceptors (Lipinski definition) is 3. The van der Waals surface area contributed by atoms with Gasteiger partial charge in [0.2, 0.25) is 6.41 Å². The van der Waals surface area contributed by atoms with E-state index >= 15 is 0 Å². The summed E-state index contributed by atoms with van der Waals surface area (Å²) in [4.78, 5) is 26.1. The van der Waals surface area contributed by atoms with Gasteiger partial charge in [-0.2, -0.15) is 0 Å². The number of aliphatic hydroxyl groups is 1. The number of rotatable bonds is 14. The second kappa shape index (κ2) is 18.2. The van der Waals surface area contributed by atoms with Crippen LogP contribution in [0.2, 0.25) is 0 Å². The molecule has 0 heterocycles. The Morgan fingerprint density at radius 1 is 1.10 bits per heavy atom. The first-order valence-electron chi connectivity index (χ1n) is 15.9. The lowest BCUT2D eigenvalue weighted by atomic mass is 9.82. The summed E-state index contributed by atoms with van der Waals surface area (Å²) in [5.74, 6) is 1.23. The van der Waals surface area contributed by atoms with Crippen molar-refractivity contribution in [3.05, 3.63) is 71.3 Å². The van der Waals surface area contributed by atoms with E-state index in [4.69, 9.17) is 0 Å². The van der Waals surface area contributed by atoms with Crippen LogP contribution in [0.3, 0.4) is 0 Å². The van der Waals surface area contributed by atoms with Crippen molar-refractivity contribution in [1.29, 1.82) is 0 Å². The maximum Gasteiger partial charge on any atom is 0.210 e. The Kier molecular flexibility index (Phi) is 16.2. The van der Waals surface area contributed by atoms with Crippen LogP contribution < -0.4 is 0 Å². The minimum atomic E-state index is -0.603. The van der Waals surface area contributed by atoms with Gasteiger partial charge in [0.1, 0.15) is 5.54 Å². The SMILES string of the molecule is C=C/C=C(/C)C=CCCN(C=O)C1(C(=O)CC)CCCCCC1.CCC(C)(O)Cc1c(C(C)C)cccc1C(C)C.[HH]. The average Bonchev–Trinajstić information content (AvgIpc) is 3.20. The Labute approximate surface area is 253 Å². The third kappa shape index (κ3) is 11.4. The van der Waals surface area contributed by atoms with Crippen molar-refractivity contribution in [2.45, 2.75) is 143 Å². The molecule has 4 heteroatoms. The summed E-state index contributed by atoms with van der Waals surface area (Å²) in [5, 5.41) is 10.4. The number of carbonyl (C=O) groups excluding carboxylic acids is 2. The van der Waals surface area contributed by atoms with Crippen molar-refractivity contribution in [3.8, 4) is 0 Å². The van der Waals surface area contributed by atoms with Gasteiger partial charge in [-0.05, 0) is 68.1 Å². The van der Waals surface area contributed by atoms with Gasteiger partial charge in [0.25, 0.3) is 0 Å². The molecule has 0 spiro atoms. The molecule has 1 saturated carbocycles. The Morgan fingerprint density at radius 3 is 2.10 bits per heavy atom. The van der Waals surface area contributed by atoms with Crippen LogP contribution in [-0.4, -0.2) is 39.9 Å². The number of benzene rings is 1. The zero-order valence-electron chi connectivity index (χ0n) is 27.5. The molecule has 1 aliphatic carbocycles. The molecule has 232 valence electrons. The molecule has 1 unspecified atom stereocenters. The zero-order valence-corrected chi connectivity index (χ0v) is 27.5. The Bertz CT molecular complexity index is 988. The number of carbonyl (C=O) groups is 2. The number of Topliss-reactive ketones (excluding diaryl/α,β-unsaturated/α-hetero) is 1. The monoisotopic (exact) mass is 567 g/mol. The molecule has 2 rings (SSSR count). The van der Waals surface area contributed by atoms with Crippen molar-refractivity contribution in [2.24, 2.45) is 0 Å². The van der Waals surface area contributed by atoms with Crippen LogP contribution in [0, 0.1) is 0 Å². The van der Waals surface area contributed by atoms with Crippen molar-refractivity contribution < 1.29 is 16.1 Å². The molecule has 0 bridgehead atoms. The Morgan fingerprint density at radius 2 is 1.66 bits per heavy atom. The first kappa shape index (κ1) is 36.6. The lowest BCUT2D eigenvalue weighted by Gasteiger charge is -2.40. The highest BCUT2D eigenvalue weighted by molar-refractivity contribution is 5.90. The largest absolute Gasteiger partial charge is 0.390 e.